The van der Waals surface area contributed by atoms with Crippen LogP contribution in [0.3, 0.4) is 0 Å². The third kappa shape index (κ3) is 2.93. The van der Waals surface area contributed by atoms with E-state index >= 15 is 0 Å². The number of aromatic nitrogens is 4. The largest absolute Gasteiger partial charge is 0.328 e. The lowest BCUT2D eigenvalue weighted by Crippen LogP contribution is -2.46. The van der Waals surface area contributed by atoms with E-state index in [1.807, 2.05) is 10.6 Å². The van der Waals surface area contributed by atoms with E-state index in [2.05, 4.69) is 32.7 Å². The Hall–Kier alpha value is -1.99. The van der Waals surface area contributed by atoms with Crippen molar-refractivity contribution in [2.45, 2.75) is 63.7 Å². The number of likely N-dealkylation sites (tertiary alicyclic amines) is 1. The fourth-order valence-corrected chi connectivity index (χ4v) is 5.31. The van der Waals surface area contributed by atoms with Crippen molar-refractivity contribution in [2.75, 3.05) is 13.1 Å². The smallest absolute Gasteiger partial charge is 0.250 e. The number of piperidine rings is 1. The highest BCUT2D eigenvalue weighted by molar-refractivity contribution is 5.17. The highest BCUT2D eigenvalue weighted by atomic mass is 16.1. The van der Waals surface area contributed by atoms with E-state index in [1.54, 1.807) is 6.07 Å². The molecule has 144 valence electrons. The Morgan fingerprint density at radius 2 is 1.96 bits per heavy atom. The summed E-state index contributed by atoms with van der Waals surface area (Å²) in [5, 5.41) is 9.05. The molecule has 7 nitrogen and oxygen atoms in total. The van der Waals surface area contributed by atoms with Crippen molar-refractivity contribution in [2.24, 2.45) is 11.7 Å². The van der Waals surface area contributed by atoms with Crippen LogP contribution >= 0.6 is 0 Å². The molecular formula is C20H28N6O. The molecule has 1 saturated carbocycles. The van der Waals surface area contributed by atoms with Gasteiger partial charge in [0, 0.05) is 55.8 Å². The minimum atomic E-state index is 0.143. The maximum atomic E-state index is 12.2. The summed E-state index contributed by atoms with van der Waals surface area (Å²) in [6.07, 6.45) is 3.24. The van der Waals surface area contributed by atoms with Crippen LogP contribution in [0.15, 0.2) is 23.0 Å². The van der Waals surface area contributed by atoms with Crippen molar-refractivity contribution in [3.63, 3.8) is 0 Å². The van der Waals surface area contributed by atoms with E-state index in [4.69, 9.17) is 5.73 Å². The number of hydrogen-bond donors (Lipinski definition) is 1. The Bertz CT molecular complexity index is 896. The van der Waals surface area contributed by atoms with Gasteiger partial charge in [0.25, 0.3) is 5.56 Å². The maximum absolute atomic E-state index is 12.2. The number of rotatable bonds is 4. The average molecular weight is 368 g/mol. The molecule has 1 saturated heterocycles. The van der Waals surface area contributed by atoms with E-state index in [0.29, 0.717) is 23.8 Å². The second-order valence-corrected chi connectivity index (χ2v) is 8.54. The van der Waals surface area contributed by atoms with E-state index < -0.39 is 0 Å². The van der Waals surface area contributed by atoms with Crippen LogP contribution in [-0.2, 0) is 19.6 Å². The van der Waals surface area contributed by atoms with Gasteiger partial charge in [0.15, 0.2) is 0 Å². The minimum absolute atomic E-state index is 0.143. The monoisotopic (exact) mass is 368 g/mol. The van der Waals surface area contributed by atoms with Crippen LogP contribution in [0.25, 0.3) is 0 Å². The van der Waals surface area contributed by atoms with Gasteiger partial charge in [-0.15, -0.1) is 10.2 Å². The zero-order valence-electron chi connectivity index (χ0n) is 15.9. The van der Waals surface area contributed by atoms with E-state index in [1.165, 1.54) is 12.1 Å². The summed E-state index contributed by atoms with van der Waals surface area (Å²) in [6.45, 7) is 6.76. The molecule has 2 atom stereocenters. The van der Waals surface area contributed by atoms with Gasteiger partial charge < -0.3 is 14.9 Å². The third-order valence-corrected chi connectivity index (χ3v) is 6.63. The van der Waals surface area contributed by atoms with Gasteiger partial charge in [0.2, 0.25) is 0 Å². The second-order valence-electron chi connectivity index (χ2n) is 8.54. The molecule has 4 heterocycles. The molecule has 1 aliphatic carbocycles. The molecule has 0 spiro atoms. The molecule has 2 fully saturated rings. The molecule has 2 aliphatic heterocycles. The Balaban J connectivity index is 1.35. The lowest BCUT2D eigenvalue weighted by molar-refractivity contribution is 0.110. The summed E-state index contributed by atoms with van der Waals surface area (Å²) in [5.74, 6) is 3.63. The number of nitrogens with zero attached hydrogens (tertiary/aromatic N) is 5. The molecule has 27 heavy (non-hydrogen) atoms. The Morgan fingerprint density at radius 3 is 2.74 bits per heavy atom. The van der Waals surface area contributed by atoms with Crippen LogP contribution in [0, 0.1) is 5.92 Å². The van der Waals surface area contributed by atoms with E-state index in [-0.39, 0.29) is 5.56 Å². The zero-order valence-corrected chi connectivity index (χ0v) is 15.9. The van der Waals surface area contributed by atoms with Crippen LogP contribution in [0.2, 0.25) is 0 Å². The standard InChI is InChI=1S/C20H28N6O/c1-2-25-18(22-23-20(25)14-7-16(21)8-14)12-24-9-13-6-15(11-24)17-4-3-5-19(27)26(17)10-13/h3-5,13-16H,2,6-12,21H2,1H3/t13-,14?,15+,16?/m0/s1. The normalized spacial score (nSPS) is 30.0. The molecule has 2 bridgehead atoms. The van der Waals surface area contributed by atoms with Gasteiger partial charge in [-0.05, 0) is 38.2 Å². The molecule has 7 heteroatoms. The maximum Gasteiger partial charge on any atom is 0.250 e. The SMILES string of the molecule is CCn1c(CN2C[C@@H]3C[C@H](C2)c2cccc(=O)n2C3)nnc1C1CC(N)C1. The molecule has 0 amide bonds. The fourth-order valence-electron chi connectivity index (χ4n) is 5.31. The predicted octanol–water partition coefficient (Wildman–Crippen LogP) is 1.28. The van der Waals surface area contributed by atoms with E-state index in [0.717, 1.165) is 57.2 Å². The summed E-state index contributed by atoms with van der Waals surface area (Å²) in [6, 6.07) is 6.03. The number of fused-ring (bicyclic) bond motifs is 4. The quantitative estimate of drug-likeness (QED) is 0.879. The second kappa shape index (κ2) is 6.56. The molecule has 5 rings (SSSR count). The number of hydrogen-bond acceptors (Lipinski definition) is 5. The molecule has 3 aliphatic rings. The summed E-state index contributed by atoms with van der Waals surface area (Å²) in [5.41, 5.74) is 7.31. The summed E-state index contributed by atoms with van der Waals surface area (Å²) in [7, 11) is 0. The summed E-state index contributed by atoms with van der Waals surface area (Å²) < 4.78 is 4.28. The molecule has 0 radical (unpaired) electrons. The Kier molecular flexibility index (Phi) is 4.16. The zero-order chi connectivity index (χ0) is 18.5. The van der Waals surface area contributed by atoms with Gasteiger partial charge in [-0.2, -0.15) is 0 Å². The Labute approximate surface area is 159 Å². The van der Waals surface area contributed by atoms with Gasteiger partial charge in [-0.1, -0.05) is 6.07 Å². The first-order chi connectivity index (χ1) is 13.1. The van der Waals surface area contributed by atoms with Crippen molar-refractivity contribution in [3.05, 3.63) is 45.9 Å². The van der Waals surface area contributed by atoms with Crippen LogP contribution in [-0.4, -0.2) is 43.4 Å². The van der Waals surface area contributed by atoms with Crippen LogP contribution in [0.5, 0.6) is 0 Å². The first-order valence-electron chi connectivity index (χ1n) is 10.2. The molecule has 0 unspecified atom stereocenters. The van der Waals surface area contributed by atoms with Gasteiger partial charge >= 0.3 is 0 Å². The van der Waals surface area contributed by atoms with Crippen molar-refractivity contribution in [1.29, 1.82) is 0 Å². The lowest BCUT2D eigenvalue weighted by atomic mass is 9.80. The number of pyridine rings is 1. The van der Waals surface area contributed by atoms with Gasteiger partial charge in [0.1, 0.15) is 11.6 Å². The third-order valence-electron chi connectivity index (χ3n) is 6.63. The highest BCUT2D eigenvalue weighted by Crippen LogP contribution is 2.37. The number of nitrogens with two attached hydrogens (primary N) is 1. The first kappa shape index (κ1) is 17.1. The predicted molar refractivity (Wildman–Crippen MR) is 102 cm³/mol. The van der Waals surface area contributed by atoms with Crippen molar-refractivity contribution < 1.29 is 0 Å². The topological polar surface area (TPSA) is 82.0 Å². The van der Waals surface area contributed by atoms with Crippen molar-refractivity contribution >= 4 is 0 Å². The summed E-state index contributed by atoms with van der Waals surface area (Å²) >= 11 is 0. The fraction of sp³-hybridized carbons (Fsp3) is 0.650. The van der Waals surface area contributed by atoms with Crippen molar-refractivity contribution in [1.82, 2.24) is 24.2 Å². The van der Waals surface area contributed by atoms with Gasteiger partial charge in [0.05, 0.1) is 6.54 Å². The van der Waals surface area contributed by atoms with Crippen molar-refractivity contribution in [3.8, 4) is 0 Å². The molecular weight excluding hydrogens is 340 g/mol. The lowest BCUT2D eigenvalue weighted by Gasteiger charge is -2.42. The average Bonchev–Trinajstić information content (AvgIpc) is 3.02. The van der Waals surface area contributed by atoms with Crippen LogP contribution < -0.4 is 11.3 Å². The van der Waals surface area contributed by atoms with Crippen LogP contribution in [0.4, 0.5) is 0 Å². The minimum Gasteiger partial charge on any atom is -0.328 e. The van der Waals surface area contributed by atoms with Gasteiger partial charge in [-0.25, -0.2) is 0 Å². The van der Waals surface area contributed by atoms with Crippen LogP contribution in [0.1, 0.15) is 55.4 Å². The molecule has 2 aromatic rings. The highest BCUT2D eigenvalue weighted by Gasteiger charge is 2.36. The molecule has 2 aromatic heterocycles. The molecule has 0 aromatic carbocycles. The molecule has 2 N–H and O–H groups in total. The summed E-state index contributed by atoms with van der Waals surface area (Å²) in [4.78, 5) is 14.7. The van der Waals surface area contributed by atoms with Gasteiger partial charge in [-0.3, -0.25) is 9.69 Å². The Morgan fingerprint density at radius 1 is 1.11 bits per heavy atom. The first-order valence-corrected chi connectivity index (χ1v) is 10.2. The van der Waals surface area contributed by atoms with E-state index in [9.17, 15) is 4.79 Å².